The predicted molar refractivity (Wildman–Crippen MR) is 139 cm³/mol. The molecule has 0 radical (unpaired) electrons. The number of carbonyl (C=O) groups excluding carboxylic acids is 1. The molecule has 2 aliphatic rings. The average molecular weight is 565 g/mol. The van der Waals surface area contributed by atoms with E-state index in [1.807, 2.05) is 13.8 Å². The summed E-state index contributed by atoms with van der Waals surface area (Å²) >= 11 is 0. The lowest BCUT2D eigenvalue weighted by atomic mass is 10.1. The Morgan fingerprint density at radius 3 is 2.30 bits per heavy atom. The quantitative estimate of drug-likeness (QED) is 0.529. The van der Waals surface area contributed by atoms with Gasteiger partial charge in [-0.15, -0.1) is 10.1 Å². The highest BCUT2D eigenvalue weighted by molar-refractivity contribution is 8.36. The number of hydrogen-bond acceptors (Lipinski definition) is 6. The Morgan fingerprint density at radius 1 is 1.14 bits per heavy atom. The van der Waals surface area contributed by atoms with Crippen LogP contribution in [0.2, 0.25) is 0 Å². The summed E-state index contributed by atoms with van der Waals surface area (Å²) in [4.78, 5) is 34.0. The van der Waals surface area contributed by atoms with Gasteiger partial charge in [-0.05, 0) is 46.8 Å². The van der Waals surface area contributed by atoms with Crippen LogP contribution in [0.1, 0.15) is 40.2 Å². The first kappa shape index (κ1) is 27.8. The zero-order valence-electron chi connectivity index (χ0n) is 21.6. The fourth-order valence-electron chi connectivity index (χ4n) is 5.00. The number of amides is 1. The molecule has 0 saturated carbocycles. The molecule has 2 aromatic rings. The molecule has 37 heavy (non-hydrogen) atoms. The lowest BCUT2D eigenvalue weighted by Gasteiger charge is -2.45. The Kier molecular flexibility index (Phi) is 7.41. The number of alkyl halides is 3. The van der Waals surface area contributed by atoms with Crippen molar-refractivity contribution in [3.63, 3.8) is 0 Å². The van der Waals surface area contributed by atoms with Crippen molar-refractivity contribution in [2.45, 2.75) is 76.0 Å². The normalized spacial score (nSPS) is 25.8. The smallest absolute Gasteiger partial charge is 0.416 e. The lowest BCUT2D eigenvalue weighted by molar-refractivity contribution is -0.137. The number of aromatic nitrogens is 2. The molecule has 4 atom stereocenters. The van der Waals surface area contributed by atoms with Crippen LogP contribution in [-0.4, -0.2) is 70.3 Å². The number of thiol groups is 1. The number of ether oxygens (including phenoxy) is 2. The van der Waals surface area contributed by atoms with Gasteiger partial charge in [0.1, 0.15) is 11.4 Å². The number of carbonyl (C=O) groups is 1. The summed E-state index contributed by atoms with van der Waals surface area (Å²) in [7, 11) is 6.60. The summed E-state index contributed by atoms with van der Waals surface area (Å²) in [5.41, 5.74) is -1.74. The minimum atomic E-state index is -4.61. The third kappa shape index (κ3) is 5.51. The van der Waals surface area contributed by atoms with Crippen LogP contribution in [0.5, 0.6) is 0 Å². The standard InChI is InChI=1S/C24H32ClF3N4O4S/c1-13-9-30(10-14(2)32(13)22(34)36-23(3,4)5)20-17-7-15(24(26,27)28)8-18-19(17)31(21(33)29-20)11-16(35-6)12-37(18)25/h7-8,13-14,16,37H,9-12H2,1-6H3/t13-,14+,16-/m0/s1. The van der Waals surface area contributed by atoms with E-state index in [9.17, 15) is 22.8 Å². The highest BCUT2D eigenvalue weighted by atomic mass is 35.7. The largest absolute Gasteiger partial charge is 0.444 e. The number of nitrogens with zero attached hydrogens (tertiary/aromatic N) is 4. The number of piperazine rings is 1. The van der Waals surface area contributed by atoms with Gasteiger partial charge in [-0.2, -0.15) is 18.2 Å². The van der Waals surface area contributed by atoms with Crippen molar-refractivity contribution in [2.75, 3.05) is 30.9 Å². The Morgan fingerprint density at radius 2 is 1.76 bits per heavy atom. The zero-order chi connectivity index (χ0) is 27.4. The SMILES string of the molecule is CO[C@H]1Cn2c(=O)nc(N3C[C@@H](C)N(C(=O)OC(C)(C)C)[C@@H](C)C3)c3cc(C(F)(F)F)cc(c32)[SH](Cl)C1. The minimum absolute atomic E-state index is 0.141. The Labute approximate surface area is 220 Å². The van der Waals surface area contributed by atoms with Crippen LogP contribution >= 0.6 is 20.8 Å². The maximum absolute atomic E-state index is 14.0. The van der Waals surface area contributed by atoms with E-state index >= 15 is 0 Å². The van der Waals surface area contributed by atoms with Crippen LogP contribution in [0.3, 0.4) is 0 Å². The second-order valence-corrected chi connectivity index (χ2v) is 13.4. The van der Waals surface area contributed by atoms with Crippen molar-refractivity contribution < 1.29 is 27.4 Å². The second-order valence-electron chi connectivity index (χ2n) is 10.6. The lowest BCUT2D eigenvalue weighted by Crippen LogP contribution is -2.59. The number of benzene rings is 1. The molecule has 0 aliphatic carbocycles. The number of halogens is 4. The fourth-order valence-corrected chi connectivity index (χ4v) is 7.41. The van der Waals surface area contributed by atoms with Crippen LogP contribution in [0.15, 0.2) is 21.8 Å². The Balaban J connectivity index is 1.85. The summed E-state index contributed by atoms with van der Waals surface area (Å²) < 4.78 is 54.2. The monoisotopic (exact) mass is 564 g/mol. The molecular formula is C24H32ClF3N4O4S. The summed E-state index contributed by atoms with van der Waals surface area (Å²) in [6.07, 6.45) is -5.51. The van der Waals surface area contributed by atoms with E-state index in [4.69, 9.17) is 20.2 Å². The van der Waals surface area contributed by atoms with Gasteiger partial charge in [0.05, 0.1) is 35.8 Å². The first-order valence-electron chi connectivity index (χ1n) is 12.0. The van der Waals surface area contributed by atoms with E-state index in [1.54, 1.807) is 30.6 Å². The fraction of sp³-hybridized carbons (Fsp3) is 0.625. The summed E-state index contributed by atoms with van der Waals surface area (Å²) in [6, 6.07) is 1.40. The number of anilines is 1. The Hall–Kier alpha value is -2.18. The third-order valence-corrected chi connectivity index (χ3v) is 9.08. The topological polar surface area (TPSA) is 76.9 Å². The van der Waals surface area contributed by atoms with Gasteiger partial charge in [0.15, 0.2) is 0 Å². The van der Waals surface area contributed by atoms with Gasteiger partial charge in [0.2, 0.25) is 0 Å². The molecule has 1 amide bonds. The molecule has 1 aromatic carbocycles. The molecule has 1 saturated heterocycles. The first-order valence-corrected chi connectivity index (χ1v) is 14.4. The molecule has 0 bridgehead atoms. The maximum Gasteiger partial charge on any atom is 0.416 e. The molecular weight excluding hydrogens is 533 g/mol. The van der Waals surface area contributed by atoms with Crippen LogP contribution in [-0.2, 0) is 22.2 Å². The number of methoxy groups -OCH3 is 1. The second kappa shape index (κ2) is 9.85. The van der Waals surface area contributed by atoms with E-state index in [1.165, 1.54) is 11.7 Å². The van der Waals surface area contributed by atoms with E-state index in [0.717, 1.165) is 12.1 Å². The van der Waals surface area contributed by atoms with Crippen LogP contribution in [0.4, 0.5) is 23.8 Å². The predicted octanol–water partition coefficient (Wildman–Crippen LogP) is 4.79. The molecule has 206 valence electrons. The van der Waals surface area contributed by atoms with Crippen LogP contribution < -0.4 is 10.6 Å². The zero-order valence-corrected chi connectivity index (χ0v) is 23.2. The van der Waals surface area contributed by atoms with Gasteiger partial charge in [0, 0.05) is 36.2 Å². The Bertz CT molecular complexity index is 1250. The van der Waals surface area contributed by atoms with Gasteiger partial charge >= 0.3 is 18.0 Å². The average Bonchev–Trinajstić information content (AvgIpc) is 2.90. The molecule has 1 fully saturated rings. The van der Waals surface area contributed by atoms with Crippen molar-refractivity contribution in [3.05, 3.63) is 28.2 Å². The highest BCUT2D eigenvalue weighted by Crippen LogP contribution is 2.50. The first-order chi connectivity index (χ1) is 17.1. The van der Waals surface area contributed by atoms with Crippen molar-refractivity contribution >= 4 is 43.6 Å². The number of rotatable bonds is 2. The number of hydrogen-bond donors (Lipinski definition) is 1. The molecule has 1 unspecified atom stereocenters. The van der Waals surface area contributed by atoms with E-state index in [2.05, 4.69) is 4.98 Å². The van der Waals surface area contributed by atoms with Crippen LogP contribution in [0.25, 0.3) is 10.9 Å². The van der Waals surface area contributed by atoms with E-state index in [0.29, 0.717) is 11.3 Å². The van der Waals surface area contributed by atoms with Gasteiger partial charge in [-0.3, -0.25) is 9.47 Å². The molecule has 8 nitrogen and oxygen atoms in total. The van der Waals surface area contributed by atoms with Gasteiger partial charge in [-0.25, -0.2) is 9.59 Å². The molecule has 13 heteroatoms. The molecule has 0 spiro atoms. The van der Waals surface area contributed by atoms with Crippen molar-refractivity contribution in [2.24, 2.45) is 0 Å². The van der Waals surface area contributed by atoms with Crippen molar-refractivity contribution in [1.82, 2.24) is 14.5 Å². The molecule has 0 N–H and O–H groups in total. The van der Waals surface area contributed by atoms with Gasteiger partial charge in [-0.1, -0.05) is 10.7 Å². The van der Waals surface area contributed by atoms with Crippen LogP contribution in [0, 0.1) is 0 Å². The van der Waals surface area contributed by atoms with Gasteiger partial charge < -0.3 is 14.4 Å². The maximum atomic E-state index is 14.0. The molecule has 3 heterocycles. The van der Waals surface area contributed by atoms with E-state index < -0.39 is 45.3 Å². The van der Waals surface area contributed by atoms with E-state index in [-0.39, 0.29) is 47.8 Å². The highest BCUT2D eigenvalue weighted by Gasteiger charge is 2.39. The molecule has 2 aliphatic heterocycles. The van der Waals surface area contributed by atoms with Gasteiger partial charge in [0.25, 0.3) is 0 Å². The third-order valence-electron chi connectivity index (χ3n) is 6.53. The molecule has 4 rings (SSSR count). The summed E-state index contributed by atoms with van der Waals surface area (Å²) in [6.45, 7) is 9.67. The summed E-state index contributed by atoms with van der Waals surface area (Å²) in [5.74, 6) is 0.463. The van der Waals surface area contributed by atoms with Crippen molar-refractivity contribution in [1.29, 1.82) is 0 Å². The molecule has 1 aromatic heterocycles. The summed E-state index contributed by atoms with van der Waals surface area (Å²) in [5, 5.41) is 0.208. The minimum Gasteiger partial charge on any atom is -0.444 e. The van der Waals surface area contributed by atoms with Crippen molar-refractivity contribution in [3.8, 4) is 0 Å².